The van der Waals surface area contributed by atoms with Gasteiger partial charge in [0.05, 0.1) is 8.67 Å². The molecule has 0 saturated heterocycles. The van der Waals surface area contributed by atoms with Gasteiger partial charge >= 0.3 is 0 Å². The Morgan fingerprint density at radius 3 is 2.72 bits per heavy atom. The van der Waals surface area contributed by atoms with Gasteiger partial charge in [-0.1, -0.05) is 51.3 Å². The lowest BCUT2D eigenvalue weighted by Gasteiger charge is -2.13. The zero-order valence-electron chi connectivity index (χ0n) is 9.71. The first-order valence-corrected chi connectivity index (χ1v) is 7.85. The third-order valence-corrected chi connectivity index (χ3v) is 4.66. The second-order valence-electron chi connectivity index (χ2n) is 4.01. The third-order valence-electron chi connectivity index (χ3n) is 2.65. The summed E-state index contributed by atoms with van der Waals surface area (Å²) in [6.45, 7) is 2.88. The molecule has 0 aliphatic rings. The summed E-state index contributed by atoms with van der Waals surface area (Å²) < 4.78 is 2.58. The second kappa shape index (κ2) is 6.40. The molecule has 0 aliphatic heterocycles. The number of thiophene rings is 1. The van der Waals surface area contributed by atoms with E-state index in [9.17, 15) is 0 Å². The van der Waals surface area contributed by atoms with Crippen molar-refractivity contribution in [3.63, 3.8) is 0 Å². The highest BCUT2D eigenvalue weighted by atomic mass is 79.9. The molecule has 2 rings (SSSR count). The number of halogens is 3. The average Bonchev–Trinajstić information content (AvgIpc) is 2.66. The van der Waals surface area contributed by atoms with Crippen LogP contribution in [0.1, 0.15) is 24.1 Å². The highest BCUT2D eigenvalue weighted by molar-refractivity contribution is 9.10. The minimum absolute atomic E-state index is 0.181. The van der Waals surface area contributed by atoms with Crippen molar-refractivity contribution in [1.29, 1.82) is 0 Å². The first-order valence-electron chi connectivity index (χ1n) is 5.49. The molecule has 0 bridgehead atoms. The number of hydrogen-bond acceptors (Lipinski definition) is 2. The zero-order chi connectivity index (χ0) is 13.1. The molecule has 1 nitrogen and oxygen atoms in total. The van der Waals surface area contributed by atoms with E-state index in [1.54, 1.807) is 0 Å². The molecule has 1 aromatic carbocycles. The third kappa shape index (κ3) is 3.72. The van der Waals surface area contributed by atoms with Crippen molar-refractivity contribution in [2.75, 3.05) is 0 Å². The lowest BCUT2D eigenvalue weighted by Crippen LogP contribution is -2.17. The van der Waals surface area contributed by atoms with Crippen LogP contribution in [0.2, 0.25) is 8.67 Å². The number of benzene rings is 1. The molecule has 0 radical (unpaired) electrons. The molecule has 1 aromatic heterocycles. The van der Waals surface area contributed by atoms with Crippen LogP contribution in [-0.2, 0) is 6.54 Å². The fourth-order valence-corrected chi connectivity index (χ4v) is 3.77. The fraction of sp³-hybridized carbons (Fsp3) is 0.231. The summed E-state index contributed by atoms with van der Waals surface area (Å²) in [5.74, 6) is 0. The van der Waals surface area contributed by atoms with E-state index in [-0.39, 0.29) is 6.04 Å². The summed E-state index contributed by atoms with van der Waals surface area (Å²) >= 11 is 17.0. The molecular weight excluding hydrogens is 353 g/mol. The molecule has 0 fully saturated rings. The largest absolute Gasteiger partial charge is 0.306 e. The molecule has 96 valence electrons. The van der Waals surface area contributed by atoms with Crippen molar-refractivity contribution in [2.45, 2.75) is 19.5 Å². The van der Waals surface area contributed by atoms with Crippen molar-refractivity contribution in [1.82, 2.24) is 5.32 Å². The van der Waals surface area contributed by atoms with Gasteiger partial charge in [0.1, 0.15) is 0 Å². The van der Waals surface area contributed by atoms with E-state index in [4.69, 9.17) is 23.2 Å². The monoisotopic (exact) mass is 363 g/mol. The van der Waals surface area contributed by atoms with E-state index in [0.29, 0.717) is 0 Å². The van der Waals surface area contributed by atoms with Crippen molar-refractivity contribution in [2.24, 2.45) is 0 Å². The summed E-state index contributed by atoms with van der Waals surface area (Å²) in [6.07, 6.45) is 0. The first kappa shape index (κ1) is 14.4. The molecule has 0 saturated carbocycles. The molecule has 0 aliphatic carbocycles. The molecule has 0 spiro atoms. The fourth-order valence-electron chi connectivity index (χ4n) is 1.68. The lowest BCUT2D eigenvalue weighted by molar-refractivity contribution is 0.576. The standard InChI is InChI=1S/C13H12BrCl2NS/c1-8(11-6-12(15)18-13(11)16)17-7-9-3-2-4-10(14)5-9/h2-6,8,17H,7H2,1H3. The van der Waals surface area contributed by atoms with Crippen LogP contribution in [0.5, 0.6) is 0 Å². The van der Waals surface area contributed by atoms with Crippen molar-refractivity contribution >= 4 is 50.5 Å². The van der Waals surface area contributed by atoms with Gasteiger partial charge in [-0.15, -0.1) is 11.3 Å². The topological polar surface area (TPSA) is 12.0 Å². The van der Waals surface area contributed by atoms with Crippen LogP contribution in [0.15, 0.2) is 34.8 Å². The van der Waals surface area contributed by atoms with Gasteiger partial charge in [0.15, 0.2) is 0 Å². The van der Waals surface area contributed by atoms with Gasteiger partial charge in [0, 0.05) is 17.1 Å². The minimum atomic E-state index is 0.181. The Hall–Kier alpha value is -0.0600. The zero-order valence-corrected chi connectivity index (χ0v) is 13.6. The molecule has 5 heteroatoms. The summed E-state index contributed by atoms with van der Waals surface area (Å²) in [4.78, 5) is 0. The lowest BCUT2D eigenvalue weighted by atomic mass is 10.1. The highest BCUT2D eigenvalue weighted by Crippen LogP contribution is 2.34. The van der Waals surface area contributed by atoms with Crippen LogP contribution in [0.3, 0.4) is 0 Å². The quantitative estimate of drug-likeness (QED) is 0.737. The van der Waals surface area contributed by atoms with Crippen LogP contribution in [0.4, 0.5) is 0 Å². The van der Waals surface area contributed by atoms with Gasteiger partial charge in [-0.05, 0) is 36.2 Å². The average molecular weight is 365 g/mol. The maximum Gasteiger partial charge on any atom is 0.0991 e. The van der Waals surface area contributed by atoms with E-state index >= 15 is 0 Å². The summed E-state index contributed by atoms with van der Waals surface area (Å²) in [5.41, 5.74) is 2.29. The van der Waals surface area contributed by atoms with E-state index in [1.165, 1.54) is 16.9 Å². The Morgan fingerprint density at radius 1 is 1.33 bits per heavy atom. The summed E-state index contributed by atoms with van der Waals surface area (Å²) in [6, 6.07) is 10.3. The van der Waals surface area contributed by atoms with E-state index in [1.807, 2.05) is 18.2 Å². The Kier molecular flexibility index (Phi) is 5.10. The Balaban J connectivity index is 2.00. The highest BCUT2D eigenvalue weighted by Gasteiger charge is 2.12. The number of hydrogen-bond donors (Lipinski definition) is 1. The maximum atomic E-state index is 6.13. The summed E-state index contributed by atoms with van der Waals surface area (Å²) in [7, 11) is 0. The molecule has 0 amide bonds. The second-order valence-corrected chi connectivity index (χ2v) is 7.21. The van der Waals surface area contributed by atoms with Crippen LogP contribution in [0, 0.1) is 0 Å². The van der Waals surface area contributed by atoms with Gasteiger partial charge < -0.3 is 5.32 Å². The van der Waals surface area contributed by atoms with Crippen molar-refractivity contribution in [3.05, 3.63) is 54.6 Å². The molecular formula is C13H12BrCl2NS. The Bertz CT molecular complexity index is 542. The van der Waals surface area contributed by atoms with E-state index in [0.717, 1.165) is 25.3 Å². The minimum Gasteiger partial charge on any atom is -0.306 e. The van der Waals surface area contributed by atoms with Gasteiger partial charge in [-0.3, -0.25) is 0 Å². The molecule has 1 heterocycles. The molecule has 1 unspecified atom stereocenters. The van der Waals surface area contributed by atoms with Gasteiger partial charge in [-0.25, -0.2) is 0 Å². The Morgan fingerprint density at radius 2 is 2.11 bits per heavy atom. The van der Waals surface area contributed by atoms with E-state index in [2.05, 4.69) is 40.3 Å². The predicted molar refractivity (Wildman–Crippen MR) is 83.7 cm³/mol. The summed E-state index contributed by atoms with van der Waals surface area (Å²) in [5, 5.41) is 3.44. The molecule has 2 aromatic rings. The SMILES string of the molecule is CC(NCc1cccc(Br)c1)c1cc(Cl)sc1Cl. The van der Waals surface area contributed by atoms with Gasteiger partial charge in [0.2, 0.25) is 0 Å². The molecule has 1 N–H and O–H groups in total. The molecule has 1 atom stereocenters. The van der Waals surface area contributed by atoms with Crippen LogP contribution in [-0.4, -0.2) is 0 Å². The normalized spacial score (nSPS) is 12.7. The van der Waals surface area contributed by atoms with Crippen molar-refractivity contribution in [3.8, 4) is 0 Å². The maximum absolute atomic E-state index is 6.13. The first-order chi connectivity index (χ1) is 8.56. The van der Waals surface area contributed by atoms with Crippen LogP contribution < -0.4 is 5.32 Å². The number of rotatable bonds is 4. The van der Waals surface area contributed by atoms with Crippen LogP contribution >= 0.6 is 50.5 Å². The van der Waals surface area contributed by atoms with Crippen LogP contribution in [0.25, 0.3) is 0 Å². The van der Waals surface area contributed by atoms with Gasteiger partial charge in [-0.2, -0.15) is 0 Å². The predicted octanol–water partition coefficient (Wildman–Crippen LogP) is 5.67. The number of nitrogens with one attached hydrogen (secondary N) is 1. The van der Waals surface area contributed by atoms with E-state index < -0.39 is 0 Å². The van der Waals surface area contributed by atoms with Gasteiger partial charge in [0.25, 0.3) is 0 Å². The Labute approximate surface area is 129 Å². The smallest absolute Gasteiger partial charge is 0.0991 e. The molecule has 18 heavy (non-hydrogen) atoms. The van der Waals surface area contributed by atoms with Crippen molar-refractivity contribution < 1.29 is 0 Å².